The standard InChI is InChI=1S/C21H41N7O3.HI/c1-4-7-22-19(29)17-28-9-5-18(6-10-28)25-21(24-16-20(30)26(2)3)23-8-11-27-12-14-31-15-13-27;/h18H,4-17H2,1-3H3,(H,22,29)(H2,23,24,25);1H. The van der Waals surface area contributed by atoms with Gasteiger partial charge in [0.25, 0.3) is 0 Å². The van der Waals surface area contributed by atoms with Crippen LogP contribution in [0.3, 0.4) is 0 Å². The number of ether oxygens (including phenoxy) is 1. The Morgan fingerprint density at radius 2 is 1.72 bits per heavy atom. The molecule has 0 radical (unpaired) electrons. The number of morpholine rings is 1. The van der Waals surface area contributed by atoms with E-state index < -0.39 is 0 Å². The molecule has 0 atom stereocenters. The van der Waals surface area contributed by atoms with E-state index in [4.69, 9.17) is 4.74 Å². The van der Waals surface area contributed by atoms with E-state index in [2.05, 4.69) is 37.7 Å². The first-order valence-corrected chi connectivity index (χ1v) is 11.5. The number of aliphatic imine (C=N–C) groups is 1. The zero-order valence-electron chi connectivity index (χ0n) is 19.9. The monoisotopic (exact) mass is 567 g/mol. The van der Waals surface area contributed by atoms with Crippen molar-refractivity contribution in [2.75, 3.05) is 86.2 Å². The molecule has 0 saturated carbocycles. The van der Waals surface area contributed by atoms with Crippen molar-refractivity contribution in [3.05, 3.63) is 0 Å². The van der Waals surface area contributed by atoms with Crippen molar-refractivity contribution in [1.82, 2.24) is 30.7 Å². The highest BCUT2D eigenvalue weighted by molar-refractivity contribution is 14.0. The van der Waals surface area contributed by atoms with Crippen molar-refractivity contribution in [3.8, 4) is 0 Å². The Bertz CT molecular complexity index is 578. The maximum Gasteiger partial charge on any atom is 0.243 e. The number of amides is 2. The average Bonchev–Trinajstić information content (AvgIpc) is 2.77. The lowest BCUT2D eigenvalue weighted by atomic mass is 10.1. The van der Waals surface area contributed by atoms with Crippen LogP contribution in [0.5, 0.6) is 0 Å². The van der Waals surface area contributed by atoms with Gasteiger partial charge in [-0.2, -0.15) is 0 Å². The quantitative estimate of drug-likeness (QED) is 0.187. The number of carbonyl (C=O) groups excluding carboxylic acids is 2. The Kier molecular flexibility index (Phi) is 14.8. The third kappa shape index (κ3) is 11.6. The molecule has 2 amide bonds. The number of nitrogens with zero attached hydrogens (tertiary/aromatic N) is 4. The summed E-state index contributed by atoms with van der Waals surface area (Å²) in [6.45, 7) is 10.3. The number of piperidine rings is 1. The summed E-state index contributed by atoms with van der Waals surface area (Å²) >= 11 is 0. The fourth-order valence-corrected chi connectivity index (χ4v) is 3.55. The zero-order valence-corrected chi connectivity index (χ0v) is 22.2. The van der Waals surface area contributed by atoms with Crippen molar-refractivity contribution in [2.24, 2.45) is 4.99 Å². The third-order valence-corrected chi connectivity index (χ3v) is 5.56. The van der Waals surface area contributed by atoms with E-state index in [1.54, 1.807) is 19.0 Å². The molecular weight excluding hydrogens is 525 g/mol. The highest BCUT2D eigenvalue weighted by atomic mass is 127. The van der Waals surface area contributed by atoms with Gasteiger partial charge in [0.15, 0.2) is 5.96 Å². The van der Waals surface area contributed by atoms with Crippen LogP contribution >= 0.6 is 24.0 Å². The number of guanidine groups is 1. The van der Waals surface area contributed by atoms with Gasteiger partial charge in [0, 0.05) is 66.0 Å². The predicted molar refractivity (Wildman–Crippen MR) is 138 cm³/mol. The summed E-state index contributed by atoms with van der Waals surface area (Å²) in [5, 5.41) is 9.81. The van der Waals surface area contributed by atoms with Gasteiger partial charge in [0.05, 0.1) is 19.8 Å². The van der Waals surface area contributed by atoms with Crippen molar-refractivity contribution in [1.29, 1.82) is 0 Å². The van der Waals surface area contributed by atoms with Crippen LogP contribution in [0.1, 0.15) is 26.2 Å². The normalized spacial score (nSPS) is 18.5. The van der Waals surface area contributed by atoms with Crippen LogP contribution < -0.4 is 16.0 Å². The Labute approximate surface area is 209 Å². The molecule has 2 rings (SSSR count). The fraction of sp³-hybridized carbons (Fsp3) is 0.857. The maximum atomic E-state index is 12.0. The van der Waals surface area contributed by atoms with E-state index in [0.29, 0.717) is 12.5 Å². The zero-order chi connectivity index (χ0) is 22.5. The first kappa shape index (κ1) is 28.9. The number of nitrogens with one attached hydrogen (secondary N) is 3. The number of halogens is 1. The maximum absolute atomic E-state index is 12.0. The number of likely N-dealkylation sites (N-methyl/N-ethyl adjacent to an activating group) is 1. The molecule has 0 aliphatic carbocycles. The second kappa shape index (κ2) is 16.4. The van der Waals surface area contributed by atoms with Crippen LogP contribution in [0.25, 0.3) is 0 Å². The summed E-state index contributed by atoms with van der Waals surface area (Å²) in [6.07, 6.45) is 2.83. The molecule has 10 nitrogen and oxygen atoms in total. The van der Waals surface area contributed by atoms with Crippen LogP contribution in [-0.4, -0.2) is 125 Å². The molecule has 2 fully saturated rings. The largest absolute Gasteiger partial charge is 0.379 e. The van der Waals surface area contributed by atoms with Gasteiger partial charge in [0.2, 0.25) is 11.8 Å². The second-order valence-corrected chi connectivity index (χ2v) is 8.38. The number of hydrogen-bond donors (Lipinski definition) is 3. The van der Waals surface area contributed by atoms with E-state index in [0.717, 1.165) is 78.3 Å². The molecule has 0 aromatic carbocycles. The van der Waals surface area contributed by atoms with Gasteiger partial charge in [-0.25, -0.2) is 4.99 Å². The lowest BCUT2D eigenvalue weighted by Crippen LogP contribution is -2.51. The minimum absolute atomic E-state index is 0. The molecule has 0 aromatic heterocycles. The highest BCUT2D eigenvalue weighted by Gasteiger charge is 2.22. The van der Waals surface area contributed by atoms with Crippen molar-refractivity contribution in [2.45, 2.75) is 32.2 Å². The molecule has 0 unspecified atom stereocenters. The molecule has 2 heterocycles. The Morgan fingerprint density at radius 1 is 1.03 bits per heavy atom. The van der Waals surface area contributed by atoms with Crippen molar-refractivity contribution >= 4 is 41.8 Å². The Balaban J connectivity index is 0.00000512. The summed E-state index contributed by atoms with van der Waals surface area (Å²) in [4.78, 5) is 34.5. The van der Waals surface area contributed by atoms with Gasteiger partial charge >= 0.3 is 0 Å². The van der Waals surface area contributed by atoms with Crippen LogP contribution in [0.2, 0.25) is 0 Å². The van der Waals surface area contributed by atoms with E-state index in [9.17, 15) is 9.59 Å². The third-order valence-electron chi connectivity index (χ3n) is 5.56. The van der Waals surface area contributed by atoms with Crippen molar-refractivity contribution in [3.63, 3.8) is 0 Å². The van der Waals surface area contributed by atoms with E-state index >= 15 is 0 Å². The number of hydrogen-bond acceptors (Lipinski definition) is 6. The van der Waals surface area contributed by atoms with Gasteiger partial charge in [-0.05, 0) is 19.3 Å². The lowest BCUT2D eigenvalue weighted by molar-refractivity contribution is -0.127. The van der Waals surface area contributed by atoms with Crippen molar-refractivity contribution < 1.29 is 14.3 Å². The highest BCUT2D eigenvalue weighted by Crippen LogP contribution is 2.10. The second-order valence-electron chi connectivity index (χ2n) is 8.38. The smallest absolute Gasteiger partial charge is 0.243 e. The topological polar surface area (TPSA) is 102 Å². The first-order chi connectivity index (χ1) is 15.0. The molecule has 0 spiro atoms. The van der Waals surface area contributed by atoms with Crippen LogP contribution in [0, 0.1) is 0 Å². The Hall–Kier alpha value is -1.18. The molecule has 0 aromatic rings. The average molecular weight is 568 g/mol. The van der Waals surface area contributed by atoms with Gasteiger partial charge in [-0.1, -0.05) is 6.92 Å². The van der Waals surface area contributed by atoms with Crippen LogP contribution in [0.15, 0.2) is 4.99 Å². The first-order valence-electron chi connectivity index (χ1n) is 11.5. The number of rotatable bonds is 10. The molecule has 2 saturated heterocycles. The minimum Gasteiger partial charge on any atom is -0.379 e. The summed E-state index contributed by atoms with van der Waals surface area (Å²) in [6, 6.07) is 0.277. The predicted octanol–water partition coefficient (Wildman–Crippen LogP) is -0.449. The summed E-state index contributed by atoms with van der Waals surface area (Å²) in [5.74, 6) is 0.757. The SMILES string of the molecule is CCCNC(=O)CN1CCC(NC(=NCC(=O)N(C)C)NCCN2CCOCC2)CC1.I. The number of likely N-dealkylation sites (tertiary alicyclic amines) is 1. The number of carbonyl (C=O) groups is 2. The molecule has 2 aliphatic rings. The van der Waals surface area contributed by atoms with E-state index in [-0.39, 0.29) is 48.4 Å². The summed E-state index contributed by atoms with van der Waals surface area (Å²) in [7, 11) is 3.48. The molecular formula is C21H42IN7O3. The van der Waals surface area contributed by atoms with Crippen LogP contribution in [0.4, 0.5) is 0 Å². The lowest BCUT2D eigenvalue weighted by Gasteiger charge is -2.33. The molecule has 2 aliphatic heterocycles. The van der Waals surface area contributed by atoms with E-state index in [1.165, 1.54) is 0 Å². The van der Waals surface area contributed by atoms with Gasteiger partial charge in [-0.3, -0.25) is 19.4 Å². The van der Waals surface area contributed by atoms with Gasteiger partial charge in [0.1, 0.15) is 6.54 Å². The fourth-order valence-electron chi connectivity index (χ4n) is 3.55. The molecule has 32 heavy (non-hydrogen) atoms. The summed E-state index contributed by atoms with van der Waals surface area (Å²) in [5.41, 5.74) is 0. The summed E-state index contributed by atoms with van der Waals surface area (Å²) < 4.78 is 5.40. The Morgan fingerprint density at radius 3 is 2.34 bits per heavy atom. The van der Waals surface area contributed by atoms with Gasteiger partial charge < -0.3 is 25.6 Å². The molecule has 0 bridgehead atoms. The minimum atomic E-state index is -0.0257. The molecule has 11 heteroatoms. The van der Waals surface area contributed by atoms with Crippen LogP contribution in [-0.2, 0) is 14.3 Å². The molecule has 186 valence electrons. The van der Waals surface area contributed by atoms with E-state index in [1.807, 2.05) is 0 Å². The van der Waals surface area contributed by atoms with Gasteiger partial charge in [-0.15, -0.1) is 24.0 Å². The molecule has 3 N–H and O–H groups in total.